The van der Waals surface area contributed by atoms with E-state index in [1.54, 1.807) is 6.20 Å². The summed E-state index contributed by atoms with van der Waals surface area (Å²) < 4.78 is 13.7. The molecule has 1 aromatic heterocycles. The van der Waals surface area contributed by atoms with Crippen molar-refractivity contribution in [3.63, 3.8) is 0 Å². The van der Waals surface area contributed by atoms with Crippen molar-refractivity contribution in [3.05, 3.63) is 53.6 Å². The molecule has 1 heterocycles. The van der Waals surface area contributed by atoms with Crippen LogP contribution in [-0.4, -0.2) is 22.6 Å². The molecule has 5 nitrogen and oxygen atoms in total. The zero-order valence-corrected chi connectivity index (χ0v) is 10.6. The molecule has 0 saturated heterocycles. The molecule has 0 aliphatic rings. The first-order valence-electron chi connectivity index (χ1n) is 6.04. The zero-order chi connectivity index (χ0) is 14.5. The van der Waals surface area contributed by atoms with Gasteiger partial charge in [0.15, 0.2) is 0 Å². The van der Waals surface area contributed by atoms with Gasteiger partial charge in [-0.1, -0.05) is 6.07 Å². The van der Waals surface area contributed by atoms with Crippen LogP contribution in [0.3, 0.4) is 0 Å². The Bertz CT molecular complexity index is 617. The largest absolute Gasteiger partial charge is 0.478 e. The van der Waals surface area contributed by atoms with E-state index in [1.165, 1.54) is 6.07 Å². The molecule has 0 amide bonds. The molecule has 4 N–H and O–H groups in total. The van der Waals surface area contributed by atoms with Crippen molar-refractivity contribution in [2.24, 2.45) is 0 Å². The third kappa shape index (κ3) is 3.23. The minimum absolute atomic E-state index is 0.0923. The molecule has 2 rings (SSSR count). The number of rotatable bonds is 5. The number of benzene rings is 1. The van der Waals surface area contributed by atoms with Crippen LogP contribution in [0.5, 0.6) is 0 Å². The van der Waals surface area contributed by atoms with Crippen LogP contribution in [0, 0.1) is 5.82 Å². The maximum atomic E-state index is 13.7. The van der Waals surface area contributed by atoms with Crippen molar-refractivity contribution < 1.29 is 14.3 Å². The van der Waals surface area contributed by atoms with Crippen LogP contribution < -0.4 is 11.1 Å². The standard InChI is InChI=1S/C14H14FN3O2/c15-11-8-12(16)10(14(19)20)7-13(11)18-6-4-9-3-1-2-5-17-9/h1-3,5,7-8,18H,4,6,16H2,(H,19,20). The number of pyridine rings is 1. The van der Waals surface area contributed by atoms with E-state index in [0.29, 0.717) is 13.0 Å². The fourth-order valence-corrected chi connectivity index (χ4v) is 1.78. The van der Waals surface area contributed by atoms with Gasteiger partial charge in [-0.2, -0.15) is 0 Å². The van der Waals surface area contributed by atoms with Crippen molar-refractivity contribution >= 4 is 17.3 Å². The van der Waals surface area contributed by atoms with Gasteiger partial charge < -0.3 is 16.2 Å². The average Bonchev–Trinajstić information content (AvgIpc) is 2.42. The number of aromatic carboxylic acids is 1. The molecule has 0 spiro atoms. The van der Waals surface area contributed by atoms with Gasteiger partial charge >= 0.3 is 5.97 Å². The number of carboxylic acids is 1. The van der Waals surface area contributed by atoms with Crippen LogP contribution in [0.15, 0.2) is 36.5 Å². The number of aromatic nitrogens is 1. The summed E-state index contributed by atoms with van der Waals surface area (Å²) in [4.78, 5) is 15.1. The minimum Gasteiger partial charge on any atom is -0.478 e. The minimum atomic E-state index is -1.18. The van der Waals surface area contributed by atoms with Crippen LogP contribution >= 0.6 is 0 Å². The number of carbonyl (C=O) groups is 1. The van der Waals surface area contributed by atoms with Crippen molar-refractivity contribution in [2.75, 3.05) is 17.6 Å². The summed E-state index contributed by atoms with van der Waals surface area (Å²) in [6.07, 6.45) is 2.29. The zero-order valence-electron chi connectivity index (χ0n) is 10.6. The van der Waals surface area contributed by atoms with Gasteiger partial charge in [0.25, 0.3) is 0 Å². The molecule has 6 heteroatoms. The number of carboxylic acid groups (broad SMARTS) is 1. The van der Waals surface area contributed by atoms with E-state index < -0.39 is 11.8 Å². The Hall–Kier alpha value is -2.63. The van der Waals surface area contributed by atoms with Crippen LogP contribution in [0.4, 0.5) is 15.8 Å². The summed E-state index contributed by atoms with van der Waals surface area (Å²) in [7, 11) is 0. The Labute approximate surface area is 115 Å². The SMILES string of the molecule is Nc1cc(F)c(NCCc2ccccn2)cc1C(=O)O. The number of nitrogens with zero attached hydrogens (tertiary/aromatic N) is 1. The lowest BCUT2D eigenvalue weighted by Gasteiger charge is -2.10. The van der Waals surface area contributed by atoms with E-state index in [1.807, 2.05) is 18.2 Å². The van der Waals surface area contributed by atoms with Crippen LogP contribution in [0.25, 0.3) is 0 Å². The predicted molar refractivity (Wildman–Crippen MR) is 74.2 cm³/mol. The van der Waals surface area contributed by atoms with Gasteiger partial charge in [0.2, 0.25) is 0 Å². The lowest BCUT2D eigenvalue weighted by atomic mass is 10.1. The number of nitrogens with two attached hydrogens (primary N) is 1. The van der Waals surface area contributed by atoms with Crippen LogP contribution in [-0.2, 0) is 6.42 Å². The Morgan fingerprint density at radius 1 is 1.40 bits per heavy atom. The van der Waals surface area contributed by atoms with Crippen molar-refractivity contribution in [2.45, 2.75) is 6.42 Å². The Balaban J connectivity index is 2.06. The number of hydrogen-bond acceptors (Lipinski definition) is 4. The lowest BCUT2D eigenvalue weighted by molar-refractivity contribution is 0.0698. The highest BCUT2D eigenvalue weighted by Crippen LogP contribution is 2.22. The Morgan fingerprint density at radius 2 is 2.20 bits per heavy atom. The van der Waals surface area contributed by atoms with Crippen LogP contribution in [0.2, 0.25) is 0 Å². The van der Waals surface area contributed by atoms with Gasteiger partial charge in [-0.15, -0.1) is 0 Å². The summed E-state index contributed by atoms with van der Waals surface area (Å²) >= 11 is 0. The van der Waals surface area contributed by atoms with Crippen LogP contribution in [0.1, 0.15) is 16.1 Å². The molecule has 0 bridgehead atoms. The summed E-state index contributed by atoms with van der Waals surface area (Å²) in [6, 6.07) is 7.76. The molecule has 0 saturated carbocycles. The summed E-state index contributed by atoms with van der Waals surface area (Å²) in [6.45, 7) is 0.441. The van der Waals surface area contributed by atoms with E-state index >= 15 is 0 Å². The maximum absolute atomic E-state index is 13.7. The topological polar surface area (TPSA) is 88.2 Å². The lowest BCUT2D eigenvalue weighted by Crippen LogP contribution is -2.10. The second-order valence-electron chi connectivity index (χ2n) is 4.22. The number of nitrogens with one attached hydrogen (secondary N) is 1. The van der Waals surface area contributed by atoms with Gasteiger partial charge in [0.05, 0.1) is 11.3 Å². The first-order chi connectivity index (χ1) is 9.58. The van der Waals surface area contributed by atoms with E-state index in [9.17, 15) is 9.18 Å². The van der Waals surface area contributed by atoms with Crippen molar-refractivity contribution in [1.82, 2.24) is 4.98 Å². The number of halogens is 1. The molecule has 0 unspecified atom stereocenters. The highest BCUT2D eigenvalue weighted by Gasteiger charge is 2.12. The van der Waals surface area contributed by atoms with Gasteiger partial charge in [0, 0.05) is 30.5 Å². The van der Waals surface area contributed by atoms with Gasteiger partial charge in [-0.25, -0.2) is 9.18 Å². The molecule has 0 aliphatic heterocycles. The maximum Gasteiger partial charge on any atom is 0.337 e. The number of nitrogen functional groups attached to an aromatic ring is 1. The number of hydrogen-bond donors (Lipinski definition) is 3. The van der Waals surface area contributed by atoms with Gasteiger partial charge in [0.1, 0.15) is 5.82 Å². The molecule has 0 fully saturated rings. The summed E-state index contributed by atoms with van der Waals surface area (Å²) in [5, 5.41) is 11.8. The predicted octanol–water partition coefficient (Wildman–Crippen LogP) is 2.16. The molecular weight excluding hydrogens is 261 g/mol. The molecule has 104 valence electrons. The molecule has 0 aliphatic carbocycles. The molecule has 0 radical (unpaired) electrons. The third-order valence-electron chi connectivity index (χ3n) is 2.79. The molecule has 0 atom stereocenters. The smallest absolute Gasteiger partial charge is 0.337 e. The van der Waals surface area contributed by atoms with E-state index in [0.717, 1.165) is 11.8 Å². The highest BCUT2D eigenvalue weighted by molar-refractivity contribution is 5.94. The van der Waals surface area contributed by atoms with Gasteiger partial charge in [-0.3, -0.25) is 4.98 Å². The number of anilines is 2. The Kier molecular flexibility index (Phi) is 4.14. The fraction of sp³-hybridized carbons (Fsp3) is 0.143. The van der Waals surface area contributed by atoms with E-state index in [2.05, 4.69) is 10.3 Å². The second kappa shape index (κ2) is 6.01. The van der Waals surface area contributed by atoms with E-state index in [-0.39, 0.29) is 16.9 Å². The van der Waals surface area contributed by atoms with Crippen molar-refractivity contribution in [3.8, 4) is 0 Å². The average molecular weight is 275 g/mol. The summed E-state index contributed by atoms with van der Waals surface area (Å²) in [5.74, 6) is -1.76. The third-order valence-corrected chi connectivity index (χ3v) is 2.79. The van der Waals surface area contributed by atoms with E-state index in [4.69, 9.17) is 10.8 Å². The molecule has 20 heavy (non-hydrogen) atoms. The Morgan fingerprint density at radius 3 is 2.85 bits per heavy atom. The molecule has 1 aromatic carbocycles. The summed E-state index contributed by atoms with van der Waals surface area (Å²) in [5.41, 5.74) is 6.23. The first-order valence-corrected chi connectivity index (χ1v) is 6.04. The fourth-order valence-electron chi connectivity index (χ4n) is 1.78. The van der Waals surface area contributed by atoms with Crippen molar-refractivity contribution in [1.29, 1.82) is 0 Å². The molecule has 2 aromatic rings. The molecular formula is C14H14FN3O2. The second-order valence-corrected chi connectivity index (χ2v) is 4.22. The quantitative estimate of drug-likeness (QED) is 0.728. The monoisotopic (exact) mass is 275 g/mol. The normalized spacial score (nSPS) is 10.2. The first kappa shape index (κ1) is 13.8. The highest BCUT2D eigenvalue weighted by atomic mass is 19.1. The van der Waals surface area contributed by atoms with Gasteiger partial charge in [-0.05, 0) is 24.3 Å².